The Morgan fingerprint density at radius 3 is 2.33 bits per heavy atom. The average molecular weight is 550 g/mol. The molecule has 1 saturated carbocycles. The summed E-state index contributed by atoms with van der Waals surface area (Å²) in [6, 6.07) is 20.2. The molecule has 3 aromatic rings. The summed E-state index contributed by atoms with van der Waals surface area (Å²) in [6.45, 7) is 2.10. The Labute approximate surface area is 228 Å². The largest absolute Gasteiger partial charge is 0.454 e. The van der Waals surface area contributed by atoms with Crippen molar-refractivity contribution in [3.8, 4) is 11.5 Å². The van der Waals surface area contributed by atoms with Gasteiger partial charge >= 0.3 is 0 Å². The Hall–Kier alpha value is -2.95. The van der Waals surface area contributed by atoms with Crippen molar-refractivity contribution in [3.05, 3.63) is 89.0 Å². The number of fused-ring (bicyclic) bond motifs is 4. The summed E-state index contributed by atoms with van der Waals surface area (Å²) in [4.78, 5) is 0.254. The first-order valence-electron chi connectivity index (χ1n) is 13.4. The molecule has 0 spiro atoms. The number of sulfonamides is 1. The van der Waals surface area contributed by atoms with Gasteiger partial charge in [0.25, 0.3) is 0 Å². The number of aliphatic hydroxyl groups excluding tert-OH is 1. The van der Waals surface area contributed by atoms with Crippen molar-refractivity contribution in [2.24, 2.45) is 5.92 Å². The molecule has 4 aliphatic rings. The van der Waals surface area contributed by atoms with E-state index in [0.717, 1.165) is 22.3 Å². The predicted octanol–water partition coefficient (Wildman–Crippen LogP) is 4.27. The molecule has 1 aliphatic carbocycles. The second kappa shape index (κ2) is 9.60. The zero-order chi connectivity index (χ0) is 26.7. The van der Waals surface area contributed by atoms with E-state index in [9.17, 15) is 13.5 Å². The molecule has 6 atom stereocenters. The van der Waals surface area contributed by atoms with Crippen molar-refractivity contribution in [2.75, 3.05) is 13.4 Å². The molecule has 2 fully saturated rings. The molecular formula is C30H31NO7S. The van der Waals surface area contributed by atoms with Crippen molar-refractivity contribution >= 4 is 10.0 Å². The highest BCUT2D eigenvalue weighted by atomic mass is 32.2. The Morgan fingerprint density at radius 1 is 0.923 bits per heavy atom. The molecule has 8 nitrogen and oxygen atoms in total. The molecule has 3 aromatic carbocycles. The van der Waals surface area contributed by atoms with Crippen LogP contribution in [0.4, 0.5) is 0 Å². The van der Waals surface area contributed by atoms with Crippen molar-refractivity contribution in [3.63, 3.8) is 0 Å². The van der Waals surface area contributed by atoms with Crippen LogP contribution in [0.25, 0.3) is 0 Å². The van der Waals surface area contributed by atoms with E-state index in [0.29, 0.717) is 24.3 Å². The number of aliphatic hydroxyl groups is 1. The average Bonchev–Trinajstić information content (AvgIpc) is 3.55. The third kappa shape index (κ3) is 4.24. The number of nitrogens with zero attached hydrogens (tertiary/aromatic N) is 1. The van der Waals surface area contributed by atoms with Gasteiger partial charge in [-0.3, -0.25) is 0 Å². The minimum Gasteiger partial charge on any atom is -0.454 e. The first kappa shape index (κ1) is 25.0. The predicted molar refractivity (Wildman–Crippen MR) is 142 cm³/mol. The Morgan fingerprint density at radius 2 is 1.62 bits per heavy atom. The fraction of sp³-hybridized carbons (Fsp3) is 0.400. The van der Waals surface area contributed by atoms with Crippen molar-refractivity contribution in [1.29, 1.82) is 0 Å². The van der Waals surface area contributed by atoms with E-state index in [2.05, 4.69) is 0 Å². The van der Waals surface area contributed by atoms with Gasteiger partial charge in [0.1, 0.15) is 0 Å². The fourth-order valence-corrected chi connectivity index (χ4v) is 8.31. The zero-order valence-corrected chi connectivity index (χ0v) is 22.4. The SMILES string of the molecule is Cc1ccc(S(=O)(=O)N2Cc3cc4c(cc3[C@H](CO)[C@@H]3C[C@H]5O[C@@H](c6ccccc6)O[C@H]5C[C@@H]32)OCO4)cc1. The Bertz CT molecular complexity index is 1480. The molecule has 0 bridgehead atoms. The van der Waals surface area contributed by atoms with Crippen LogP contribution in [0.2, 0.25) is 0 Å². The van der Waals surface area contributed by atoms with Crippen LogP contribution in [0.15, 0.2) is 71.6 Å². The minimum atomic E-state index is -3.87. The van der Waals surface area contributed by atoms with Crippen LogP contribution in [-0.4, -0.2) is 49.5 Å². The Kier molecular flexibility index (Phi) is 6.17. The zero-order valence-electron chi connectivity index (χ0n) is 21.6. The topological polar surface area (TPSA) is 94.5 Å². The molecule has 0 amide bonds. The van der Waals surface area contributed by atoms with Crippen LogP contribution >= 0.6 is 0 Å². The summed E-state index contributed by atoms with van der Waals surface area (Å²) >= 11 is 0. The van der Waals surface area contributed by atoms with Crippen molar-refractivity contribution in [2.45, 2.75) is 61.7 Å². The molecule has 3 aliphatic heterocycles. The van der Waals surface area contributed by atoms with Gasteiger partial charge in [-0.2, -0.15) is 4.31 Å². The number of hydrogen-bond acceptors (Lipinski definition) is 7. The minimum absolute atomic E-state index is 0.118. The molecular weight excluding hydrogens is 518 g/mol. The van der Waals surface area contributed by atoms with Gasteiger partial charge in [-0.25, -0.2) is 8.42 Å². The lowest BCUT2D eigenvalue weighted by molar-refractivity contribution is -0.0686. The van der Waals surface area contributed by atoms with Crippen molar-refractivity contribution in [1.82, 2.24) is 4.31 Å². The molecule has 3 heterocycles. The summed E-state index contributed by atoms with van der Waals surface area (Å²) in [7, 11) is -3.87. The summed E-state index contributed by atoms with van der Waals surface area (Å²) in [5.74, 6) is 0.739. The Balaban J connectivity index is 1.31. The number of benzene rings is 3. The van der Waals surface area contributed by atoms with Gasteiger partial charge in [-0.1, -0.05) is 48.0 Å². The van der Waals surface area contributed by atoms with E-state index in [4.69, 9.17) is 18.9 Å². The third-order valence-corrected chi connectivity index (χ3v) is 10.5. The smallest absolute Gasteiger partial charge is 0.243 e. The van der Waals surface area contributed by atoms with E-state index >= 15 is 0 Å². The lowest BCUT2D eigenvalue weighted by Crippen LogP contribution is -2.51. The van der Waals surface area contributed by atoms with E-state index in [1.807, 2.05) is 61.5 Å². The standard InChI is InChI=1S/C30H31NO7S/c1-18-7-9-21(10-8-18)39(33,34)31-15-20-11-26-27(36-17-35-26)12-22(20)24(16-32)23-13-28-29(14-25(23)31)38-30(37-28)19-5-3-2-4-6-19/h2-12,23-25,28-30,32H,13-17H2,1H3/t23-,24-,25-,28+,29-,30+/m0/s1. The van der Waals surface area contributed by atoms with Crippen LogP contribution in [0.5, 0.6) is 11.5 Å². The van der Waals surface area contributed by atoms with Gasteiger partial charge in [0, 0.05) is 24.1 Å². The van der Waals surface area contributed by atoms with E-state index < -0.39 is 22.4 Å². The normalized spacial score (nSPS) is 29.8. The molecule has 39 heavy (non-hydrogen) atoms. The van der Waals surface area contributed by atoms with Crippen LogP contribution in [0.1, 0.15) is 47.3 Å². The second-order valence-electron chi connectivity index (χ2n) is 10.9. The van der Waals surface area contributed by atoms with Gasteiger partial charge in [-0.15, -0.1) is 0 Å². The maximum absolute atomic E-state index is 14.3. The summed E-state index contributed by atoms with van der Waals surface area (Å²) < 4.78 is 54.2. The lowest BCUT2D eigenvalue weighted by atomic mass is 9.72. The monoisotopic (exact) mass is 549 g/mol. The maximum Gasteiger partial charge on any atom is 0.243 e. The second-order valence-corrected chi connectivity index (χ2v) is 12.7. The van der Waals surface area contributed by atoms with Gasteiger partial charge in [0.05, 0.1) is 23.7 Å². The van der Waals surface area contributed by atoms with Crippen LogP contribution in [-0.2, 0) is 26.0 Å². The molecule has 0 unspecified atom stereocenters. The van der Waals surface area contributed by atoms with E-state index in [1.54, 1.807) is 16.4 Å². The highest BCUT2D eigenvalue weighted by molar-refractivity contribution is 7.89. The third-order valence-electron chi connectivity index (χ3n) is 8.63. The quantitative estimate of drug-likeness (QED) is 0.520. The molecule has 204 valence electrons. The number of hydrogen-bond donors (Lipinski definition) is 1. The summed E-state index contributed by atoms with van der Waals surface area (Å²) in [5.41, 5.74) is 3.64. The summed E-state index contributed by atoms with van der Waals surface area (Å²) in [5, 5.41) is 10.7. The number of rotatable bonds is 4. The lowest BCUT2D eigenvalue weighted by Gasteiger charge is -2.43. The van der Waals surface area contributed by atoms with Crippen LogP contribution in [0.3, 0.4) is 0 Å². The van der Waals surface area contributed by atoms with Gasteiger partial charge in [0.15, 0.2) is 17.8 Å². The first-order chi connectivity index (χ1) is 18.9. The maximum atomic E-state index is 14.3. The van der Waals surface area contributed by atoms with E-state index in [1.165, 1.54) is 0 Å². The first-order valence-corrected chi connectivity index (χ1v) is 14.8. The highest BCUT2D eigenvalue weighted by Gasteiger charge is 2.52. The van der Waals surface area contributed by atoms with Gasteiger partial charge < -0.3 is 24.1 Å². The molecule has 0 radical (unpaired) electrons. The number of ether oxygens (including phenoxy) is 4. The molecule has 0 aromatic heterocycles. The molecule has 7 rings (SSSR count). The summed E-state index contributed by atoms with van der Waals surface area (Å²) in [6.07, 6.45) is 0.0762. The van der Waals surface area contributed by atoms with Crippen LogP contribution < -0.4 is 9.47 Å². The van der Waals surface area contributed by atoms with Gasteiger partial charge in [-0.05, 0) is 61.1 Å². The fourth-order valence-electron chi connectivity index (χ4n) is 6.65. The highest BCUT2D eigenvalue weighted by Crippen LogP contribution is 2.51. The van der Waals surface area contributed by atoms with E-state index in [-0.39, 0.29) is 48.9 Å². The number of aryl methyl sites for hydroxylation is 1. The van der Waals surface area contributed by atoms with Gasteiger partial charge in [0.2, 0.25) is 16.8 Å². The van der Waals surface area contributed by atoms with Crippen LogP contribution in [0, 0.1) is 12.8 Å². The molecule has 9 heteroatoms. The van der Waals surface area contributed by atoms with Crippen molar-refractivity contribution < 1.29 is 32.5 Å². The molecule has 1 N–H and O–H groups in total. The molecule has 1 saturated heterocycles.